The molecule has 16 heavy (non-hydrogen) atoms. The lowest BCUT2D eigenvalue weighted by molar-refractivity contribution is 0.0951. The van der Waals surface area contributed by atoms with Gasteiger partial charge in [-0.25, -0.2) is 0 Å². The minimum atomic E-state index is -0.840. The predicted octanol–water partition coefficient (Wildman–Crippen LogP) is 0.286. The molecule has 1 aromatic rings. The van der Waals surface area contributed by atoms with Crippen LogP contribution in [0.2, 0.25) is 0 Å². The number of pyridine rings is 1. The van der Waals surface area contributed by atoms with Gasteiger partial charge in [0.15, 0.2) is 0 Å². The number of carbonyl (C=O) groups excluding carboxylic acids is 1. The van der Waals surface area contributed by atoms with Crippen molar-refractivity contribution in [3.8, 4) is 5.75 Å². The highest BCUT2D eigenvalue weighted by molar-refractivity contribution is 7.84. The average molecular weight is 242 g/mol. The standard InChI is InChI=1S/C10H14N2O3S/c1-16(15)6-2-4-12-10(14)8-3-5-11-7-9(8)13/h3,5,7,13H,2,4,6H2,1H3,(H,12,14). The first-order valence-corrected chi connectivity index (χ1v) is 6.55. The number of aromatic hydroxyl groups is 1. The van der Waals surface area contributed by atoms with Gasteiger partial charge in [0.25, 0.3) is 5.91 Å². The summed E-state index contributed by atoms with van der Waals surface area (Å²) in [5, 5.41) is 12.0. The van der Waals surface area contributed by atoms with Crippen LogP contribution >= 0.6 is 0 Å². The molecular weight excluding hydrogens is 228 g/mol. The summed E-state index contributed by atoms with van der Waals surface area (Å²) in [4.78, 5) is 15.2. The molecule has 1 amide bonds. The molecule has 2 N–H and O–H groups in total. The fraction of sp³-hybridized carbons (Fsp3) is 0.400. The van der Waals surface area contributed by atoms with Crippen LogP contribution in [0.4, 0.5) is 0 Å². The summed E-state index contributed by atoms with van der Waals surface area (Å²) in [6.45, 7) is 0.445. The van der Waals surface area contributed by atoms with Crippen LogP contribution in [0.25, 0.3) is 0 Å². The van der Waals surface area contributed by atoms with Gasteiger partial charge in [-0.1, -0.05) is 0 Å². The van der Waals surface area contributed by atoms with E-state index in [-0.39, 0.29) is 17.2 Å². The third-order valence-corrected chi connectivity index (χ3v) is 2.80. The summed E-state index contributed by atoms with van der Waals surface area (Å²) in [6, 6.07) is 1.45. The molecular formula is C10H14N2O3S. The molecule has 0 aliphatic heterocycles. The van der Waals surface area contributed by atoms with E-state index in [0.717, 1.165) is 0 Å². The Morgan fingerprint density at radius 1 is 1.62 bits per heavy atom. The normalized spacial score (nSPS) is 12.1. The van der Waals surface area contributed by atoms with Crippen molar-refractivity contribution >= 4 is 16.7 Å². The quantitative estimate of drug-likeness (QED) is 0.727. The van der Waals surface area contributed by atoms with E-state index < -0.39 is 10.8 Å². The predicted molar refractivity (Wildman–Crippen MR) is 61.8 cm³/mol. The molecule has 1 heterocycles. The largest absolute Gasteiger partial charge is 0.505 e. The highest BCUT2D eigenvalue weighted by Crippen LogP contribution is 2.12. The smallest absolute Gasteiger partial charge is 0.255 e. The summed E-state index contributed by atoms with van der Waals surface area (Å²) in [5.41, 5.74) is 0.202. The number of amides is 1. The van der Waals surface area contributed by atoms with Gasteiger partial charge in [-0.05, 0) is 12.5 Å². The molecule has 0 fully saturated rings. The Balaban J connectivity index is 2.41. The number of nitrogens with zero attached hydrogens (tertiary/aromatic N) is 1. The maximum absolute atomic E-state index is 11.5. The lowest BCUT2D eigenvalue weighted by atomic mass is 10.2. The van der Waals surface area contributed by atoms with E-state index in [9.17, 15) is 14.1 Å². The fourth-order valence-electron chi connectivity index (χ4n) is 1.15. The van der Waals surface area contributed by atoms with Crippen LogP contribution in [0, 0.1) is 0 Å². The number of rotatable bonds is 5. The number of carbonyl (C=O) groups is 1. The molecule has 0 aliphatic carbocycles. The zero-order chi connectivity index (χ0) is 12.0. The van der Waals surface area contributed by atoms with Crippen molar-refractivity contribution in [3.63, 3.8) is 0 Å². The van der Waals surface area contributed by atoms with Crippen LogP contribution in [-0.4, -0.2) is 38.8 Å². The molecule has 0 radical (unpaired) electrons. The van der Waals surface area contributed by atoms with E-state index in [2.05, 4.69) is 10.3 Å². The summed E-state index contributed by atoms with van der Waals surface area (Å²) >= 11 is 0. The second-order valence-corrected chi connectivity index (χ2v) is 4.83. The molecule has 0 spiro atoms. The van der Waals surface area contributed by atoms with Gasteiger partial charge in [-0.3, -0.25) is 14.0 Å². The molecule has 6 heteroatoms. The average Bonchev–Trinajstić information content (AvgIpc) is 2.24. The number of hydrogen-bond donors (Lipinski definition) is 2. The number of aromatic nitrogens is 1. The van der Waals surface area contributed by atoms with Crippen molar-refractivity contribution < 1.29 is 14.1 Å². The monoisotopic (exact) mass is 242 g/mol. The highest BCUT2D eigenvalue weighted by Gasteiger charge is 2.09. The third-order valence-electron chi connectivity index (χ3n) is 1.94. The zero-order valence-corrected chi connectivity index (χ0v) is 9.79. The van der Waals surface area contributed by atoms with Gasteiger partial charge in [0, 0.05) is 35.5 Å². The van der Waals surface area contributed by atoms with Crippen molar-refractivity contribution in [1.82, 2.24) is 10.3 Å². The molecule has 0 aromatic carbocycles. The molecule has 1 atom stereocenters. The second kappa shape index (κ2) is 6.22. The maximum Gasteiger partial charge on any atom is 0.255 e. The minimum absolute atomic E-state index is 0.140. The first kappa shape index (κ1) is 12.6. The molecule has 88 valence electrons. The van der Waals surface area contributed by atoms with Crippen molar-refractivity contribution in [3.05, 3.63) is 24.0 Å². The van der Waals surface area contributed by atoms with E-state index in [1.54, 1.807) is 6.26 Å². The summed E-state index contributed by atoms with van der Waals surface area (Å²) in [6.07, 6.45) is 4.93. The van der Waals surface area contributed by atoms with Gasteiger partial charge in [0.1, 0.15) is 5.75 Å². The molecule has 5 nitrogen and oxygen atoms in total. The summed E-state index contributed by atoms with van der Waals surface area (Å²) < 4.78 is 10.8. The Labute approximate surface area is 96.4 Å². The lowest BCUT2D eigenvalue weighted by Gasteiger charge is -2.05. The molecule has 0 bridgehead atoms. The van der Waals surface area contributed by atoms with Crippen molar-refractivity contribution in [2.24, 2.45) is 0 Å². The van der Waals surface area contributed by atoms with Crippen LogP contribution in [0.3, 0.4) is 0 Å². The van der Waals surface area contributed by atoms with E-state index in [1.165, 1.54) is 18.5 Å². The van der Waals surface area contributed by atoms with E-state index in [0.29, 0.717) is 18.7 Å². The first-order chi connectivity index (χ1) is 7.61. The Morgan fingerprint density at radius 3 is 3.00 bits per heavy atom. The van der Waals surface area contributed by atoms with Crippen molar-refractivity contribution in [1.29, 1.82) is 0 Å². The van der Waals surface area contributed by atoms with Gasteiger partial charge < -0.3 is 10.4 Å². The molecule has 1 aromatic heterocycles. The van der Waals surface area contributed by atoms with Crippen LogP contribution in [0.5, 0.6) is 5.75 Å². The van der Waals surface area contributed by atoms with Gasteiger partial charge in [0.2, 0.25) is 0 Å². The first-order valence-electron chi connectivity index (χ1n) is 4.82. The van der Waals surface area contributed by atoms with E-state index >= 15 is 0 Å². The van der Waals surface area contributed by atoms with Crippen LogP contribution < -0.4 is 5.32 Å². The third kappa shape index (κ3) is 3.98. The maximum atomic E-state index is 11.5. The SMILES string of the molecule is CS(=O)CCCNC(=O)c1ccncc1O. The molecule has 0 saturated heterocycles. The second-order valence-electron chi connectivity index (χ2n) is 3.28. The Morgan fingerprint density at radius 2 is 2.38 bits per heavy atom. The minimum Gasteiger partial charge on any atom is -0.505 e. The topological polar surface area (TPSA) is 79.3 Å². The van der Waals surface area contributed by atoms with Crippen molar-refractivity contribution in [2.45, 2.75) is 6.42 Å². The van der Waals surface area contributed by atoms with Gasteiger partial charge >= 0.3 is 0 Å². The van der Waals surface area contributed by atoms with Crippen LogP contribution in [0.1, 0.15) is 16.8 Å². The van der Waals surface area contributed by atoms with Gasteiger partial charge in [-0.15, -0.1) is 0 Å². The molecule has 1 unspecified atom stereocenters. The fourth-order valence-corrected chi connectivity index (χ4v) is 1.70. The lowest BCUT2D eigenvalue weighted by Crippen LogP contribution is -2.25. The molecule has 0 saturated carbocycles. The molecule has 0 aliphatic rings. The van der Waals surface area contributed by atoms with Gasteiger partial charge in [-0.2, -0.15) is 0 Å². The van der Waals surface area contributed by atoms with E-state index in [4.69, 9.17) is 0 Å². The highest BCUT2D eigenvalue weighted by atomic mass is 32.2. The van der Waals surface area contributed by atoms with Crippen LogP contribution in [0.15, 0.2) is 18.5 Å². The van der Waals surface area contributed by atoms with E-state index in [1.807, 2.05) is 0 Å². The Hall–Kier alpha value is -1.43. The Bertz CT molecular complexity index is 395. The number of hydrogen-bond acceptors (Lipinski definition) is 4. The zero-order valence-electron chi connectivity index (χ0n) is 8.97. The summed E-state index contributed by atoms with van der Waals surface area (Å²) in [7, 11) is -0.840. The van der Waals surface area contributed by atoms with Crippen LogP contribution in [-0.2, 0) is 10.8 Å². The molecule has 1 rings (SSSR count). The van der Waals surface area contributed by atoms with Gasteiger partial charge in [0.05, 0.1) is 11.8 Å². The summed E-state index contributed by atoms with van der Waals surface area (Å²) in [5.74, 6) is 0.0728. The Kier molecular flexibility index (Phi) is 4.91. The van der Waals surface area contributed by atoms with Crippen molar-refractivity contribution in [2.75, 3.05) is 18.6 Å². The number of nitrogens with one attached hydrogen (secondary N) is 1.